The van der Waals surface area contributed by atoms with Gasteiger partial charge in [-0.1, -0.05) is 48.5 Å². The second kappa shape index (κ2) is 11.6. The van der Waals surface area contributed by atoms with Gasteiger partial charge in [0, 0.05) is 11.5 Å². The van der Waals surface area contributed by atoms with Gasteiger partial charge in [-0.2, -0.15) is 0 Å². The summed E-state index contributed by atoms with van der Waals surface area (Å²) in [5.74, 6) is -2.62. The normalized spacial score (nSPS) is 21.8. The molecule has 0 bridgehead atoms. The number of hydrogen-bond acceptors (Lipinski definition) is 8. The van der Waals surface area contributed by atoms with Gasteiger partial charge in [0.15, 0.2) is 16.7 Å². The first-order valence-electron chi connectivity index (χ1n) is 12.3. The zero-order valence-corrected chi connectivity index (χ0v) is 21.9. The Kier molecular flexibility index (Phi) is 8.26. The number of nitrogens with zero attached hydrogens (tertiary/aromatic N) is 2. The second-order valence-corrected chi connectivity index (χ2v) is 9.32. The number of thiocarbonyl (C=S) groups is 1. The molecule has 0 radical (unpaired) electrons. The van der Waals surface area contributed by atoms with E-state index in [9.17, 15) is 19.2 Å². The van der Waals surface area contributed by atoms with E-state index >= 15 is 0 Å². The van der Waals surface area contributed by atoms with Gasteiger partial charge in [0.1, 0.15) is 6.61 Å². The minimum atomic E-state index is -1.51. The van der Waals surface area contributed by atoms with Crippen molar-refractivity contribution < 1.29 is 33.4 Å². The Hall–Kier alpha value is -3.99. The van der Waals surface area contributed by atoms with Gasteiger partial charge in [-0.15, -0.1) is 0 Å². The Morgan fingerprint density at radius 3 is 2.32 bits per heavy atom. The summed E-state index contributed by atoms with van der Waals surface area (Å²) >= 11 is 5.62. The maximum Gasteiger partial charge on any atom is 0.430 e. The van der Waals surface area contributed by atoms with E-state index in [0.29, 0.717) is 18.4 Å². The number of esters is 2. The smallest absolute Gasteiger partial charge is 0.430 e. The van der Waals surface area contributed by atoms with Crippen molar-refractivity contribution in [1.29, 1.82) is 0 Å². The third-order valence-corrected chi connectivity index (χ3v) is 7.11. The molecule has 2 aliphatic rings. The third kappa shape index (κ3) is 4.93. The Labute approximate surface area is 225 Å². The molecule has 10 nitrogen and oxygen atoms in total. The van der Waals surface area contributed by atoms with Crippen molar-refractivity contribution in [3.63, 3.8) is 0 Å². The van der Waals surface area contributed by atoms with E-state index in [0.717, 1.165) is 10.6 Å². The number of hydrazine groups is 1. The van der Waals surface area contributed by atoms with Crippen LogP contribution in [0.1, 0.15) is 42.1 Å². The minimum Gasteiger partial charge on any atom is -0.467 e. The maximum atomic E-state index is 13.6. The topological polar surface area (TPSA) is 114 Å². The van der Waals surface area contributed by atoms with E-state index in [1.54, 1.807) is 61.5 Å². The largest absolute Gasteiger partial charge is 0.467 e. The molecule has 200 valence electrons. The molecular formula is C27H29N3O7S. The van der Waals surface area contributed by atoms with Crippen molar-refractivity contribution in [2.45, 2.75) is 44.4 Å². The highest BCUT2D eigenvalue weighted by atomic mass is 32.1. The quantitative estimate of drug-likeness (QED) is 0.336. The van der Waals surface area contributed by atoms with Gasteiger partial charge in [-0.05, 0) is 56.1 Å². The molecule has 1 N–H and O–H groups in total. The number of rotatable bonds is 6. The van der Waals surface area contributed by atoms with Gasteiger partial charge in [-0.3, -0.25) is 10.1 Å². The highest BCUT2D eigenvalue weighted by Crippen LogP contribution is 2.51. The van der Waals surface area contributed by atoms with Crippen molar-refractivity contribution in [3.8, 4) is 0 Å². The Morgan fingerprint density at radius 2 is 1.68 bits per heavy atom. The van der Waals surface area contributed by atoms with E-state index in [1.807, 2.05) is 6.07 Å². The monoisotopic (exact) mass is 539 g/mol. The van der Waals surface area contributed by atoms with Crippen molar-refractivity contribution >= 4 is 41.3 Å². The summed E-state index contributed by atoms with van der Waals surface area (Å²) < 4.78 is 16.1. The van der Waals surface area contributed by atoms with Crippen molar-refractivity contribution in [2.75, 3.05) is 13.7 Å². The average molecular weight is 540 g/mol. The van der Waals surface area contributed by atoms with E-state index in [1.165, 1.54) is 12.1 Å². The molecular weight excluding hydrogens is 510 g/mol. The molecule has 1 saturated heterocycles. The van der Waals surface area contributed by atoms with Gasteiger partial charge >= 0.3 is 18.0 Å². The maximum absolute atomic E-state index is 13.6. The second-order valence-electron chi connectivity index (χ2n) is 8.93. The van der Waals surface area contributed by atoms with Gasteiger partial charge in [0.05, 0.1) is 13.7 Å². The molecule has 0 aromatic heterocycles. The fourth-order valence-electron chi connectivity index (χ4n) is 5.26. The molecule has 0 spiro atoms. The molecule has 1 aliphatic carbocycles. The third-order valence-electron chi connectivity index (χ3n) is 6.83. The summed E-state index contributed by atoms with van der Waals surface area (Å²) in [4.78, 5) is 53.3. The number of hydrogen-bond donors (Lipinski definition) is 1. The van der Waals surface area contributed by atoms with E-state index in [4.69, 9.17) is 26.4 Å². The molecule has 2 aromatic rings. The summed E-state index contributed by atoms with van der Waals surface area (Å²) in [6.07, 6.45) is 0.312. The van der Waals surface area contributed by atoms with E-state index in [-0.39, 0.29) is 24.7 Å². The average Bonchev–Trinajstić information content (AvgIpc) is 3.49. The highest BCUT2D eigenvalue weighted by molar-refractivity contribution is 7.80. The number of carbonyl (C=O) groups excluding carboxylic acids is 4. The summed E-state index contributed by atoms with van der Waals surface area (Å²) in [7, 11) is 1.23. The van der Waals surface area contributed by atoms with Crippen LogP contribution in [0.2, 0.25) is 0 Å². The lowest BCUT2D eigenvalue weighted by molar-refractivity contribution is -0.157. The minimum absolute atomic E-state index is 0.0649. The van der Waals surface area contributed by atoms with Crippen molar-refractivity contribution in [3.05, 3.63) is 71.8 Å². The fraction of sp³-hybridized carbons (Fsp3) is 0.370. The number of carbonyl (C=O) groups is 4. The van der Waals surface area contributed by atoms with Gasteiger partial charge in [-0.25, -0.2) is 24.4 Å². The first-order chi connectivity index (χ1) is 18.3. The van der Waals surface area contributed by atoms with Crippen LogP contribution in [0.5, 0.6) is 0 Å². The number of methoxy groups -OCH3 is 1. The van der Waals surface area contributed by atoms with Crippen LogP contribution >= 0.6 is 12.2 Å². The first-order valence-corrected chi connectivity index (χ1v) is 12.7. The number of nitrogens with one attached hydrogen (secondary N) is 1. The molecule has 2 fully saturated rings. The number of fused-ring (bicyclic) bond motifs is 1. The first kappa shape index (κ1) is 27.1. The lowest BCUT2D eigenvalue weighted by atomic mass is 9.83. The highest BCUT2D eigenvalue weighted by Gasteiger charge is 2.69. The SMILES string of the molecule is CCOC(=O)[C@@H]1[C@H]2CCC[C@@]2(C(=O)OC)N(C(=S)NC(=O)c2ccccc2)N1C(=O)OCc1ccccc1. The summed E-state index contributed by atoms with van der Waals surface area (Å²) in [6, 6.07) is 16.1. The van der Waals surface area contributed by atoms with Crippen LogP contribution in [0.4, 0.5) is 4.79 Å². The lowest BCUT2D eigenvalue weighted by Crippen LogP contribution is -2.63. The zero-order chi connectivity index (χ0) is 27.3. The van der Waals surface area contributed by atoms with Crippen molar-refractivity contribution in [2.24, 2.45) is 5.92 Å². The van der Waals surface area contributed by atoms with Crippen LogP contribution in [0.15, 0.2) is 60.7 Å². The van der Waals surface area contributed by atoms with Gasteiger partial charge < -0.3 is 14.2 Å². The summed E-state index contributed by atoms with van der Waals surface area (Å²) in [5.41, 5.74) is -0.467. The van der Waals surface area contributed by atoms with Crippen LogP contribution in [0, 0.1) is 5.92 Å². The molecule has 3 atom stereocenters. The molecule has 2 amide bonds. The molecule has 11 heteroatoms. The standard InChI is InChI=1S/C27H29N3O7S/c1-3-36-23(32)21-20-15-10-16-27(20,24(33)35-2)30(25(38)28-22(31)19-13-8-5-9-14-19)29(21)26(34)37-17-18-11-6-4-7-12-18/h4-9,11-14,20-21H,3,10,15-17H2,1-2H3,(H,28,31,38)/t20-,21+,27-/m1/s1. The molecule has 2 aromatic carbocycles. The Morgan fingerprint density at radius 1 is 1.03 bits per heavy atom. The van der Waals surface area contributed by atoms with Gasteiger partial charge in [0.25, 0.3) is 5.91 Å². The van der Waals surface area contributed by atoms with Crippen LogP contribution in [-0.4, -0.2) is 64.4 Å². The molecule has 1 aliphatic heterocycles. The van der Waals surface area contributed by atoms with Crippen LogP contribution in [0.3, 0.4) is 0 Å². The number of benzene rings is 2. The predicted octanol–water partition coefficient (Wildman–Crippen LogP) is 3.21. The molecule has 38 heavy (non-hydrogen) atoms. The Bertz CT molecular complexity index is 1210. The number of amides is 2. The van der Waals surface area contributed by atoms with Crippen LogP contribution in [-0.2, 0) is 30.4 Å². The molecule has 4 rings (SSSR count). The zero-order valence-electron chi connectivity index (χ0n) is 21.1. The summed E-state index contributed by atoms with van der Waals surface area (Å²) in [5, 5.41) is 4.58. The molecule has 0 unspecified atom stereocenters. The predicted molar refractivity (Wildman–Crippen MR) is 139 cm³/mol. The Balaban J connectivity index is 1.74. The molecule has 1 heterocycles. The fourth-order valence-corrected chi connectivity index (χ4v) is 5.61. The summed E-state index contributed by atoms with van der Waals surface area (Å²) in [6.45, 7) is 1.63. The van der Waals surface area contributed by atoms with E-state index < -0.39 is 41.4 Å². The van der Waals surface area contributed by atoms with Crippen LogP contribution in [0.25, 0.3) is 0 Å². The van der Waals surface area contributed by atoms with Gasteiger partial charge in [0.2, 0.25) is 0 Å². The van der Waals surface area contributed by atoms with E-state index in [2.05, 4.69) is 5.32 Å². The van der Waals surface area contributed by atoms with Crippen molar-refractivity contribution in [1.82, 2.24) is 15.3 Å². The molecule has 1 saturated carbocycles. The number of ether oxygens (including phenoxy) is 3. The van der Waals surface area contributed by atoms with Crippen LogP contribution < -0.4 is 5.32 Å². The lowest BCUT2D eigenvalue weighted by Gasteiger charge is -2.39.